The van der Waals surface area contributed by atoms with Crippen molar-refractivity contribution in [1.82, 2.24) is 46.2 Å². The Hall–Kier alpha value is -3.74. The second-order valence-electron chi connectivity index (χ2n) is 5.51. The van der Waals surface area contributed by atoms with Gasteiger partial charge in [-0.1, -0.05) is 0 Å². The van der Waals surface area contributed by atoms with Crippen molar-refractivity contribution in [2.45, 2.75) is 0 Å². The fourth-order valence-electron chi connectivity index (χ4n) is 2.73. The van der Waals surface area contributed by atoms with Crippen molar-refractivity contribution in [3.8, 4) is 23.1 Å². The Balaban J connectivity index is 1.87. The lowest BCUT2D eigenvalue weighted by atomic mass is 10.1. The van der Waals surface area contributed by atoms with E-state index in [0.29, 0.717) is 26.9 Å². The molecule has 5 aromatic rings. The summed E-state index contributed by atoms with van der Waals surface area (Å²) in [4.78, 5) is 28.2. The van der Waals surface area contributed by atoms with Crippen molar-refractivity contribution in [2.24, 2.45) is 0 Å². The van der Waals surface area contributed by atoms with Crippen LogP contribution in [0.4, 0.5) is 0 Å². The molecule has 0 bridgehead atoms. The van der Waals surface area contributed by atoms with Crippen molar-refractivity contribution in [2.75, 3.05) is 0 Å². The van der Waals surface area contributed by atoms with Crippen LogP contribution in [0.15, 0.2) is 36.7 Å². The van der Waals surface area contributed by atoms with Gasteiger partial charge in [0.15, 0.2) is 28.0 Å². The molecule has 0 saturated heterocycles. The fourth-order valence-corrected chi connectivity index (χ4v) is 3.34. The summed E-state index contributed by atoms with van der Waals surface area (Å²) in [5.74, 6) is 0.662. The number of pyridine rings is 1. The van der Waals surface area contributed by atoms with E-state index in [1.165, 1.54) is 18.2 Å². The maximum atomic E-state index is 12.6. The molecule has 1 aromatic carbocycles. The third-order valence-electron chi connectivity index (χ3n) is 3.94. The molecule has 0 aliphatic carbocycles. The largest absolute Gasteiger partial charge is 0.451 e. The summed E-state index contributed by atoms with van der Waals surface area (Å²) in [6, 6.07) is 4.08. The molecule has 132 valence electrons. The monoisotopic (exact) mass is 427 g/mol. The third kappa shape index (κ3) is 2.36. The minimum Gasteiger partial charge on any atom is -0.451 e. The first-order chi connectivity index (χ1) is 13.1. The van der Waals surface area contributed by atoms with E-state index in [4.69, 9.17) is 4.42 Å². The summed E-state index contributed by atoms with van der Waals surface area (Å²) in [6.45, 7) is 0. The van der Waals surface area contributed by atoms with E-state index in [-0.39, 0.29) is 33.4 Å². The summed E-state index contributed by atoms with van der Waals surface area (Å²) in [7, 11) is 0. The second kappa shape index (κ2) is 5.63. The van der Waals surface area contributed by atoms with Crippen LogP contribution in [-0.2, 0) is 0 Å². The van der Waals surface area contributed by atoms with Gasteiger partial charge < -0.3 is 9.40 Å². The van der Waals surface area contributed by atoms with E-state index >= 15 is 0 Å². The number of rotatable bonds is 2. The van der Waals surface area contributed by atoms with Crippen LogP contribution >= 0.6 is 15.9 Å². The fraction of sp³-hybridized carbons (Fsp3) is 0. The lowest BCUT2D eigenvalue weighted by molar-refractivity contribution is 0.611. The molecular weight excluding hydrogens is 422 g/mol. The predicted octanol–water partition coefficient (Wildman–Crippen LogP) is 0.757. The van der Waals surface area contributed by atoms with Crippen LogP contribution in [0.25, 0.3) is 45.0 Å². The molecule has 0 fully saturated rings. The Labute approximate surface area is 155 Å². The van der Waals surface area contributed by atoms with Gasteiger partial charge in [0, 0.05) is 17.5 Å². The highest BCUT2D eigenvalue weighted by atomic mass is 79.9. The molecule has 5 rings (SSSR count). The zero-order chi connectivity index (χ0) is 18.5. The molecule has 4 heterocycles. The first-order valence-electron chi connectivity index (χ1n) is 7.43. The molecule has 0 amide bonds. The molecule has 27 heavy (non-hydrogen) atoms. The minimum absolute atomic E-state index is 0.162. The van der Waals surface area contributed by atoms with Crippen LogP contribution in [0.5, 0.6) is 0 Å². The Morgan fingerprint density at radius 2 is 1.59 bits per heavy atom. The van der Waals surface area contributed by atoms with Crippen molar-refractivity contribution in [1.29, 1.82) is 0 Å². The summed E-state index contributed by atoms with van der Waals surface area (Å²) < 4.78 is 6.20. The molecule has 0 aliphatic rings. The standard InChI is InChI=1S/C14H6BrN9O3/c15-10-11-4(7(25)2-6(16-11)13-17-21-22-18-13)1-5-8(26)3-9(27-12(5)10)14-19-23-24-20-14/h1-3H,(H,16,25)(H,17,18,21,22)(H,19,20,23,24). The molecule has 0 aliphatic heterocycles. The highest BCUT2D eigenvalue weighted by Crippen LogP contribution is 2.31. The van der Waals surface area contributed by atoms with Gasteiger partial charge in [-0.3, -0.25) is 9.59 Å². The number of hydrogen-bond acceptors (Lipinski definition) is 9. The first kappa shape index (κ1) is 15.5. The first-order valence-corrected chi connectivity index (χ1v) is 8.22. The maximum Gasteiger partial charge on any atom is 0.215 e. The van der Waals surface area contributed by atoms with Gasteiger partial charge in [-0.15, -0.1) is 10.2 Å². The van der Waals surface area contributed by atoms with Crippen LogP contribution in [0, 0.1) is 0 Å². The second-order valence-corrected chi connectivity index (χ2v) is 6.30. The Bertz CT molecular complexity index is 1310. The number of nitrogens with one attached hydrogen (secondary N) is 3. The number of aromatic nitrogens is 9. The normalized spacial score (nSPS) is 11.4. The highest BCUT2D eigenvalue weighted by molar-refractivity contribution is 9.10. The third-order valence-corrected chi connectivity index (χ3v) is 4.70. The summed E-state index contributed by atoms with van der Waals surface area (Å²) >= 11 is 3.42. The summed E-state index contributed by atoms with van der Waals surface area (Å²) in [5.41, 5.74) is 0.409. The molecule has 12 nitrogen and oxygen atoms in total. The topological polar surface area (TPSA) is 172 Å². The Morgan fingerprint density at radius 1 is 0.889 bits per heavy atom. The smallest absolute Gasteiger partial charge is 0.215 e. The van der Waals surface area contributed by atoms with Crippen molar-refractivity contribution < 1.29 is 4.42 Å². The minimum atomic E-state index is -0.340. The molecule has 0 spiro atoms. The maximum absolute atomic E-state index is 12.6. The van der Waals surface area contributed by atoms with Crippen LogP contribution in [0.2, 0.25) is 0 Å². The van der Waals surface area contributed by atoms with Crippen molar-refractivity contribution >= 4 is 37.8 Å². The zero-order valence-corrected chi connectivity index (χ0v) is 14.6. The molecule has 0 unspecified atom stereocenters. The summed E-state index contributed by atoms with van der Waals surface area (Å²) in [5, 5.41) is 27.1. The van der Waals surface area contributed by atoms with E-state index < -0.39 is 0 Å². The molecule has 0 saturated carbocycles. The lowest BCUT2D eigenvalue weighted by Crippen LogP contribution is -2.07. The highest BCUT2D eigenvalue weighted by Gasteiger charge is 2.17. The number of H-pyrrole nitrogens is 3. The molecule has 0 atom stereocenters. The van der Waals surface area contributed by atoms with Crippen LogP contribution in [-0.4, -0.2) is 46.2 Å². The average molecular weight is 428 g/mol. The summed E-state index contributed by atoms with van der Waals surface area (Å²) in [6.07, 6.45) is 0. The van der Waals surface area contributed by atoms with Gasteiger partial charge in [0.2, 0.25) is 5.82 Å². The number of halogens is 1. The van der Waals surface area contributed by atoms with E-state index in [1.54, 1.807) is 0 Å². The van der Waals surface area contributed by atoms with E-state index in [9.17, 15) is 9.59 Å². The van der Waals surface area contributed by atoms with Gasteiger partial charge in [-0.25, -0.2) is 10.2 Å². The number of fused-ring (bicyclic) bond motifs is 2. The molecule has 3 N–H and O–H groups in total. The predicted molar refractivity (Wildman–Crippen MR) is 94.7 cm³/mol. The molecular formula is C14H6BrN9O3. The van der Waals surface area contributed by atoms with Gasteiger partial charge in [0.25, 0.3) is 0 Å². The van der Waals surface area contributed by atoms with Crippen molar-refractivity contribution in [3.05, 3.63) is 43.1 Å². The number of hydrogen-bond donors (Lipinski definition) is 3. The average Bonchev–Trinajstić information content (AvgIpc) is 3.37. The Morgan fingerprint density at radius 3 is 2.30 bits per heavy atom. The number of benzene rings is 1. The number of tetrazole rings is 2. The van der Waals surface area contributed by atoms with Gasteiger partial charge in [0.05, 0.1) is 21.1 Å². The zero-order valence-electron chi connectivity index (χ0n) is 13.0. The number of aromatic amines is 3. The van der Waals surface area contributed by atoms with Gasteiger partial charge in [-0.2, -0.15) is 0 Å². The van der Waals surface area contributed by atoms with E-state index in [2.05, 4.69) is 62.2 Å². The van der Waals surface area contributed by atoms with Crippen LogP contribution < -0.4 is 10.9 Å². The quantitative estimate of drug-likeness (QED) is 0.343. The number of nitrogens with zero attached hydrogens (tertiary/aromatic N) is 6. The molecule has 4 aromatic heterocycles. The SMILES string of the molecule is O=c1cc(-c2nnn[nH]2)[nH]c2c(Br)c3oc(-c4nnn[nH]4)cc(=O)c3cc12. The van der Waals surface area contributed by atoms with E-state index in [0.717, 1.165) is 0 Å². The van der Waals surface area contributed by atoms with Crippen molar-refractivity contribution in [3.63, 3.8) is 0 Å². The van der Waals surface area contributed by atoms with Gasteiger partial charge >= 0.3 is 0 Å². The van der Waals surface area contributed by atoms with Gasteiger partial charge in [0.1, 0.15) is 0 Å². The van der Waals surface area contributed by atoms with Gasteiger partial charge in [-0.05, 0) is 42.8 Å². The lowest BCUT2D eigenvalue weighted by Gasteiger charge is -2.07. The molecule has 13 heteroatoms. The van der Waals surface area contributed by atoms with Crippen LogP contribution in [0.3, 0.4) is 0 Å². The molecule has 0 radical (unpaired) electrons. The van der Waals surface area contributed by atoms with E-state index in [1.807, 2.05) is 0 Å². The Kier molecular flexibility index (Phi) is 3.24. The van der Waals surface area contributed by atoms with Crippen LogP contribution in [0.1, 0.15) is 0 Å².